The predicted molar refractivity (Wildman–Crippen MR) is 261 cm³/mol. The molecule has 4 heterocycles. The van der Waals surface area contributed by atoms with Gasteiger partial charge in [-0.2, -0.15) is 0 Å². The summed E-state index contributed by atoms with van der Waals surface area (Å²) in [5.41, 5.74) is 2.41. The van der Waals surface area contributed by atoms with Gasteiger partial charge in [0.15, 0.2) is 0 Å². The lowest BCUT2D eigenvalue weighted by molar-refractivity contribution is -0.302. The molecule has 14 atom stereocenters. The standard InChI is InChI=1S/C54H76F3N3O13/c1-10-36-21-30(2)20-31(3)22-45(68-8)49-46(69-9)24-33(5)53(66,73-49)50(63)51(64)60-19-12-11-16-40(60)52(65)71-48(34(6)41(61)27-42(36)62)32(4)23-35-17-18-43(44(25-35)67-7)70-29-47-58-28-39(59-47)37-14-13-15-38(26-37)72-54(55,56)57/h13-15,21,23,26,28,31,33-36,40-41,43-46,48-49,61,66H,10-12,16-20,22,24-25,27,29H2,1-9H3,(H,58,59)/b30-21+,32-23?. The van der Waals surface area contributed by atoms with Crippen molar-refractivity contribution in [2.24, 2.45) is 29.6 Å². The SMILES string of the molecule is CCC1/C=C(\C)CC(C)CC(OC)C2OC(O)(C(=O)C(=O)N3CCCCC3C(=O)OC(C(C)=CC3CCC(OCc4nc(-c5cccc(OC(F)(F)F)c5)c[nH]4)C(OC)C3)C(C)C(O)CC1=O)C(C)CC2OC. The molecule has 3 N–H and O–H groups in total. The number of halogens is 3. The number of amides is 1. The van der Waals surface area contributed by atoms with Gasteiger partial charge < -0.3 is 53.3 Å². The number of piperidine rings is 1. The van der Waals surface area contributed by atoms with E-state index in [1.807, 2.05) is 32.9 Å². The van der Waals surface area contributed by atoms with Crippen molar-refractivity contribution < 1.29 is 75.7 Å². The van der Waals surface area contributed by atoms with Crippen LogP contribution in [0, 0.1) is 29.6 Å². The molecule has 1 amide bonds. The Hall–Kier alpha value is -4.50. The van der Waals surface area contributed by atoms with E-state index >= 15 is 0 Å². The third-order valence-corrected chi connectivity index (χ3v) is 15.3. The minimum Gasteiger partial charge on any atom is -0.456 e. The summed E-state index contributed by atoms with van der Waals surface area (Å²) in [7, 11) is 4.62. The third-order valence-electron chi connectivity index (χ3n) is 15.3. The molecule has 4 aliphatic rings. The molecule has 2 aromatic rings. The number of alkyl halides is 3. The van der Waals surface area contributed by atoms with Crippen LogP contribution < -0.4 is 4.74 Å². The van der Waals surface area contributed by atoms with E-state index in [2.05, 4.69) is 14.7 Å². The number of carbonyl (C=O) groups excluding carboxylic acids is 4. The normalized spacial score (nSPS) is 34.8. The van der Waals surface area contributed by atoms with Gasteiger partial charge in [0.05, 0.1) is 36.2 Å². The number of carbonyl (C=O) groups is 4. The number of aromatic amines is 1. The number of nitrogens with zero attached hydrogens (tertiary/aromatic N) is 2. The first kappa shape index (κ1) is 57.8. The number of rotatable bonds is 11. The van der Waals surface area contributed by atoms with E-state index in [1.54, 1.807) is 40.1 Å². The zero-order valence-electron chi connectivity index (χ0n) is 43.7. The molecule has 19 heteroatoms. The molecule has 73 heavy (non-hydrogen) atoms. The van der Waals surface area contributed by atoms with Gasteiger partial charge >= 0.3 is 12.3 Å². The quantitative estimate of drug-likeness (QED) is 0.111. The molecule has 6 rings (SSSR count). The number of H-pyrrole nitrogens is 1. The number of aliphatic hydroxyl groups is 2. The van der Waals surface area contributed by atoms with Gasteiger partial charge in [-0.25, -0.2) is 9.78 Å². The Morgan fingerprint density at radius 1 is 0.959 bits per heavy atom. The molecule has 1 aromatic carbocycles. The lowest BCUT2D eigenvalue weighted by atomic mass is 9.81. The molecule has 14 unspecified atom stereocenters. The second-order valence-corrected chi connectivity index (χ2v) is 20.7. The summed E-state index contributed by atoms with van der Waals surface area (Å²) in [5, 5.41) is 24.0. The minimum absolute atomic E-state index is 0.00300. The smallest absolute Gasteiger partial charge is 0.456 e. The van der Waals surface area contributed by atoms with Crippen LogP contribution in [0.25, 0.3) is 11.3 Å². The van der Waals surface area contributed by atoms with Gasteiger partial charge in [0.1, 0.15) is 42.2 Å². The van der Waals surface area contributed by atoms with Crippen LogP contribution in [0.5, 0.6) is 5.75 Å². The van der Waals surface area contributed by atoms with Crippen LogP contribution in [-0.2, 0) is 54.2 Å². The van der Waals surface area contributed by atoms with Crippen LogP contribution >= 0.6 is 0 Å². The van der Waals surface area contributed by atoms with Crippen molar-refractivity contribution in [1.29, 1.82) is 0 Å². The summed E-state index contributed by atoms with van der Waals surface area (Å²) < 4.78 is 79.2. The number of fused-ring (bicyclic) bond motifs is 3. The van der Waals surface area contributed by atoms with Gasteiger partial charge in [0.2, 0.25) is 5.79 Å². The maximum Gasteiger partial charge on any atom is 0.573 e. The first-order valence-electron chi connectivity index (χ1n) is 25.7. The lowest BCUT2D eigenvalue weighted by Gasteiger charge is -2.47. The van der Waals surface area contributed by atoms with Crippen LogP contribution in [0.2, 0.25) is 0 Å². The number of cyclic esters (lactones) is 1. The number of benzene rings is 1. The maximum absolute atomic E-state index is 14.6. The number of aromatic nitrogens is 2. The average molecular weight is 1030 g/mol. The molecular weight excluding hydrogens is 956 g/mol. The number of Topliss-reactive ketones (excluding diaryl/α,β-unsaturated/α-hetero) is 2. The van der Waals surface area contributed by atoms with Crippen molar-refractivity contribution in [1.82, 2.24) is 14.9 Å². The van der Waals surface area contributed by atoms with Crippen LogP contribution in [0.3, 0.4) is 0 Å². The third kappa shape index (κ3) is 14.5. The molecular formula is C54H76F3N3O13. The largest absolute Gasteiger partial charge is 0.573 e. The highest BCUT2D eigenvalue weighted by molar-refractivity contribution is 6.39. The highest BCUT2D eigenvalue weighted by Gasteiger charge is 2.56. The molecule has 2 bridgehead atoms. The molecule has 16 nitrogen and oxygen atoms in total. The van der Waals surface area contributed by atoms with E-state index in [0.717, 1.165) is 10.5 Å². The van der Waals surface area contributed by atoms with E-state index in [0.29, 0.717) is 74.0 Å². The van der Waals surface area contributed by atoms with Gasteiger partial charge in [-0.1, -0.05) is 57.6 Å². The summed E-state index contributed by atoms with van der Waals surface area (Å²) in [6.07, 6.45) is 0.0174. The highest BCUT2D eigenvalue weighted by atomic mass is 19.4. The second kappa shape index (κ2) is 25.4. The van der Waals surface area contributed by atoms with E-state index in [1.165, 1.54) is 32.4 Å². The fourth-order valence-electron chi connectivity index (χ4n) is 11.2. The minimum atomic E-state index is -4.83. The number of ketones is 2. The van der Waals surface area contributed by atoms with E-state index < -0.39 is 84.1 Å². The molecule has 1 saturated carbocycles. The van der Waals surface area contributed by atoms with Gasteiger partial charge in [-0.05, 0) is 108 Å². The van der Waals surface area contributed by atoms with Gasteiger partial charge in [-0.15, -0.1) is 13.2 Å². The molecule has 1 aliphatic carbocycles. The zero-order chi connectivity index (χ0) is 53.4. The first-order chi connectivity index (χ1) is 34.6. The Kier molecular flexibility index (Phi) is 20.1. The molecule has 2 saturated heterocycles. The van der Waals surface area contributed by atoms with Gasteiger partial charge in [-0.3, -0.25) is 14.4 Å². The Morgan fingerprint density at radius 3 is 2.36 bits per heavy atom. The summed E-state index contributed by atoms with van der Waals surface area (Å²) >= 11 is 0. The lowest BCUT2D eigenvalue weighted by Crippen LogP contribution is -2.64. The van der Waals surface area contributed by atoms with Crippen molar-refractivity contribution in [2.45, 2.75) is 180 Å². The van der Waals surface area contributed by atoms with E-state index in [-0.39, 0.29) is 68.0 Å². The Morgan fingerprint density at radius 2 is 1.67 bits per heavy atom. The van der Waals surface area contributed by atoms with Crippen LogP contribution in [-0.4, -0.2) is 137 Å². The van der Waals surface area contributed by atoms with E-state index in [9.17, 15) is 42.6 Å². The molecule has 0 radical (unpaired) electrons. The Balaban J connectivity index is 1.24. The molecule has 0 spiro atoms. The number of nitrogens with one attached hydrogen (secondary N) is 1. The number of hydrogen-bond donors (Lipinski definition) is 3. The molecule has 1 aromatic heterocycles. The maximum atomic E-state index is 14.6. The van der Waals surface area contributed by atoms with Crippen molar-refractivity contribution in [3.63, 3.8) is 0 Å². The average Bonchev–Trinajstić information content (AvgIpc) is 3.84. The highest BCUT2D eigenvalue weighted by Crippen LogP contribution is 2.40. The van der Waals surface area contributed by atoms with Crippen LogP contribution in [0.15, 0.2) is 53.8 Å². The zero-order valence-corrected chi connectivity index (χ0v) is 43.7. The van der Waals surface area contributed by atoms with Crippen molar-refractivity contribution >= 4 is 23.4 Å². The Bertz CT molecular complexity index is 2270. The number of esters is 1. The summed E-state index contributed by atoms with van der Waals surface area (Å²) in [5.74, 6) is -7.91. The van der Waals surface area contributed by atoms with E-state index in [4.69, 9.17) is 28.4 Å². The number of ether oxygens (including phenoxy) is 7. The Labute approximate surface area is 426 Å². The van der Waals surface area contributed by atoms with Gasteiger partial charge in [0, 0.05) is 63.8 Å². The number of methoxy groups -OCH3 is 3. The molecule has 3 aliphatic heterocycles. The summed E-state index contributed by atoms with van der Waals surface area (Å²) in [6.45, 7) is 11.2. The second-order valence-electron chi connectivity index (χ2n) is 20.7. The fourth-order valence-corrected chi connectivity index (χ4v) is 11.2. The van der Waals surface area contributed by atoms with Crippen molar-refractivity contribution in [3.05, 3.63) is 59.6 Å². The summed E-state index contributed by atoms with van der Waals surface area (Å²) in [4.78, 5) is 66.1. The number of imidazole rings is 1. The van der Waals surface area contributed by atoms with Crippen molar-refractivity contribution in [2.75, 3.05) is 27.9 Å². The molecule has 3 fully saturated rings. The monoisotopic (exact) mass is 1030 g/mol. The predicted octanol–water partition coefficient (Wildman–Crippen LogP) is 7.99. The van der Waals surface area contributed by atoms with Crippen molar-refractivity contribution in [3.8, 4) is 17.0 Å². The van der Waals surface area contributed by atoms with Gasteiger partial charge in [0.25, 0.3) is 11.7 Å². The number of hydrogen-bond acceptors (Lipinski definition) is 14. The van der Waals surface area contributed by atoms with Crippen LogP contribution in [0.1, 0.15) is 118 Å². The molecule has 406 valence electrons. The topological polar surface area (TPSA) is 205 Å². The van der Waals surface area contributed by atoms with Crippen LogP contribution in [0.4, 0.5) is 13.2 Å². The first-order valence-corrected chi connectivity index (χ1v) is 25.7. The number of aliphatic hydroxyl groups excluding tert-OH is 1. The fraction of sp³-hybridized carbons (Fsp3) is 0.685. The summed E-state index contributed by atoms with van der Waals surface area (Å²) in [6, 6.07) is 4.33. The number of allylic oxidation sites excluding steroid dienone is 3.